The van der Waals surface area contributed by atoms with Gasteiger partial charge in [0.15, 0.2) is 0 Å². The van der Waals surface area contributed by atoms with E-state index in [0.29, 0.717) is 12.6 Å². The van der Waals surface area contributed by atoms with E-state index in [4.69, 9.17) is 4.74 Å². The highest BCUT2D eigenvalue weighted by Crippen LogP contribution is 2.24. The summed E-state index contributed by atoms with van der Waals surface area (Å²) >= 11 is 0. The lowest BCUT2D eigenvalue weighted by molar-refractivity contribution is 0.129. The fourth-order valence-electron chi connectivity index (χ4n) is 1.87. The number of hydrogen-bond acceptors (Lipinski definition) is 3. The number of nitrogens with one attached hydrogen (secondary N) is 1. The molecule has 0 amide bonds. The minimum Gasteiger partial charge on any atom is -0.370 e. The van der Waals surface area contributed by atoms with Crippen LogP contribution in [0, 0.1) is 0 Å². The van der Waals surface area contributed by atoms with Gasteiger partial charge in [-0.3, -0.25) is 4.68 Å². The lowest BCUT2D eigenvalue weighted by Gasteiger charge is -2.12. The van der Waals surface area contributed by atoms with Gasteiger partial charge in [0.1, 0.15) is 0 Å². The van der Waals surface area contributed by atoms with Crippen molar-refractivity contribution in [2.75, 3.05) is 7.05 Å². The van der Waals surface area contributed by atoms with Crippen molar-refractivity contribution in [2.45, 2.75) is 39.6 Å². The van der Waals surface area contributed by atoms with Crippen LogP contribution < -0.4 is 5.32 Å². The summed E-state index contributed by atoms with van der Waals surface area (Å²) in [5.74, 6) is 0. The monoisotopic (exact) mass is 195 g/mol. The predicted octanol–water partition coefficient (Wildman–Crippen LogP) is 1.21. The summed E-state index contributed by atoms with van der Waals surface area (Å²) in [7, 11) is 1.96. The van der Waals surface area contributed by atoms with Gasteiger partial charge in [-0.15, -0.1) is 0 Å². The predicted molar refractivity (Wildman–Crippen MR) is 53.9 cm³/mol. The van der Waals surface area contributed by atoms with Crippen molar-refractivity contribution in [1.29, 1.82) is 0 Å². The summed E-state index contributed by atoms with van der Waals surface area (Å²) < 4.78 is 7.47. The van der Waals surface area contributed by atoms with Crippen LogP contribution in [-0.4, -0.2) is 16.8 Å². The first-order valence-electron chi connectivity index (χ1n) is 5.05. The van der Waals surface area contributed by atoms with Gasteiger partial charge in [-0.2, -0.15) is 5.10 Å². The summed E-state index contributed by atoms with van der Waals surface area (Å²) in [6.45, 7) is 6.57. The van der Waals surface area contributed by atoms with Crippen LogP contribution in [0.2, 0.25) is 0 Å². The lowest BCUT2D eigenvalue weighted by Crippen LogP contribution is -2.15. The largest absolute Gasteiger partial charge is 0.370 e. The normalized spacial score (nSPS) is 15.1. The van der Waals surface area contributed by atoms with Crippen LogP contribution in [0.5, 0.6) is 0 Å². The van der Waals surface area contributed by atoms with E-state index >= 15 is 0 Å². The number of rotatable bonds is 3. The van der Waals surface area contributed by atoms with Gasteiger partial charge in [-0.1, -0.05) is 0 Å². The van der Waals surface area contributed by atoms with Crippen LogP contribution in [0.1, 0.15) is 36.8 Å². The molecule has 0 spiro atoms. The molecule has 0 fully saturated rings. The fraction of sp³-hybridized carbons (Fsp3) is 0.700. The second kappa shape index (κ2) is 3.71. The maximum Gasteiger partial charge on any atom is 0.0940 e. The maximum absolute atomic E-state index is 5.37. The average molecular weight is 195 g/mol. The van der Waals surface area contributed by atoms with E-state index in [1.165, 1.54) is 11.3 Å². The molecule has 0 saturated carbocycles. The first kappa shape index (κ1) is 9.68. The van der Waals surface area contributed by atoms with E-state index < -0.39 is 0 Å². The van der Waals surface area contributed by atoms with Gasteiger partial charge in [0, 0.05) is 18.2 Å². The van der Waals surface area contributed by atoms with Crippen LogP contribution in [0.25, 0.3) is 0 Å². The molecule has 0 aliphatic carbocycles. The molecule has 1 aliphatic heterocycles. The van der Waals surface area contributed by atoms with Crippen LogP contribution in [0.3, 0.4) is 0 Å². The molecule has 1 aromatic heterocycles. The van der Waals surface area contributed by atoms with E-state index in [9.17, 15) is 0 Å². The molecule has 0 radical (unpaired) electrons. The third-order valence-electron chi connectivity index (χ3n) is 2.52. The molecule has 0 bridgehead atoms. The third kappa shape index (κ3) is 1.44. The Balaban J connectivity index is 2.40. The highest BCUT2D eigenvalue weighted by molar-refractivity contribution is 5.28. The van der Waals surface area contributed by atoms with Gasteiger partial charge in [-0.25, -0.2) is 0 Å². The molecule has 4 heteroatoms. The molecular formula is C10H17N3O. The SMILES string of the molecule is CNCc1c2c(nn1C(C)C)COC2. The summed E-state index contributed by atoms with van der Waals surface area (Å²) in [5, 5.41) is 7.74. The Labute approximate surface area is 84.3 Å². The molecule has 1 N–H and O–H groups in total. The van der Waals surface area contributed by atoms with Crippen LogP contribution in [-0.2, 0) is 24.5 Å². The molecule has 0 saturated heterocycles. The third-order valence-corrected chi connectivity index (χ3v) is 2.52. The second-order valence-corrected chi connectivity index (χ2v) is 3.93. The average Bonchev–Trinajstić information content (AvgIpc) is 2.67. The van der Waals surface area contributed by atoms with E-state index in [-0.39, 0.29) is 0 Å². The van der Waals surface area contributed by atoms with Crippen molar-refractivity contribution in [2.24, 2.45) is 0 Å². The number of ether oxygens (including phenoxy) is 1. The maximum atomic E-state index is 5.37. The Morgan fingerprint density at radius 3 is 2.93 bits per heavy atom. The summed E-state index contributed by atoms with van der Waals surface area (Å²) in [5.41, 5.74) is 3.67. The summed E-state index contributed by atoms with van der Waals surface area (Å²) in [6.07, 6.45) is 0. The first-order chi connectivity index (χ1) is 6.74. The Morgan fingerprint density at radius 1 is 1.50 bits per heavy atom. The second-order valence-electron chi connectivity index (χ2n) is 3.93. The molecule has 78 valence electrons. The highest BCUT2D eigenvalue weighted by atomic mass is 16.5. The molecule has 4 nitrogen and oxygen atoms in total. The van der Waals surface area contributed by atoms with E-state index in [1.807, 2.05) is 7.05 Å². The molecule has 0 aromatic carbocycles. The summed E-state index contributed by atoms with van der Waals surface area (Å²) in [4.78, 5) is 0. The number of fused-ring (bicyclic) bond motifs is 1. The van der Waals surface area contributed by atoms with E-state index in [0.717, 1.165) is 18.8 Å². The zero-order valence-electron chi connectivity index (χ0n) is 9.00. The van der Waals surface area contributed by atoms with Crippen molar-refractivity contribution in [3.8, 4) is 0 Å². The molecule has 14 heavy (non-hydrogen) atoms. The smallest absolute Gasteiger partial charge is 0.0940 e. The Kier molecular flexibility index (Phi) is 2.56. The Hall–Kier alpha value is -0.870. The van der Waals surface area contributed by atoms with Gasteiger partial charge < -0.3 is 10.1 Å². The van der Waals surface area contributed by atoms with Gasteiger partial charge in [-0.05, 0) is 20.9 Å². The number of aromatic nitrogens is 2. The minimum absolute atomic E-state index is 0.420. The van der Waals surface area contributed by atoms with Gasteiger partial charge in [0.2, 0.25) is 0 Å². The first-order valence-corrected chi connectivity index (χ1v) is 5.05. The van der Waals surface area contributed by atoms with Gasteiger partial charge in [0.05, 0.1) is 24.6 Å². The lowest BCUT2D eigenvalue weighted by atomic mass is 10.2. The van der Waals surface area contributed by atoms with Crippen molar-refractivity contribution in [3.05, 3.63) is 17.0 Å². The number of nitrogens with zero attached hydrogens (tertiary/aromatic N) is 2. The van der Waals surface area contributed by atoms with Gasteiger partial charge in [0.25, 0.3) is 0 Å². The summed E-state index contributed by atoms with van der Waals surface area (Å²) in [6, 6.07) is 0.420. The van der Waals surface area contributed by atoms with Crippen LogP contribution >= 0.6 is 0 Å². The molecule has 1 aliphatic rings. The van der Waals surface area contributed by atoms with Crippen molar-refractivity contribution in [3.63, 3.8) is 0 Å². The molecule has 0 atom stereocenters. The Morgan fingerprint density at radius 2 is 2.29 bits per heavy atom. The molecule has 2 heterocycles. The number of hydrogen-bond donors (Lipinski definition) is 1. The molecule has 1 aromatic rings. The molecule has 2 rings (SSSR count). The van der Waals surface area contributed by atoms with Crippen molar-refractivity contribution < 1.29 is 4.74 Å². The molecule has 0 unspecified atom stereocenters. The quantitative estimate of drug-likeness (QED) is 0.788. The minimum atomic E-state index is 0.420. The highest BCUT2D eigenvalue weighted by Gasteiger charge is 2.22. The standard InChI is InChI=1S/C10H17N3O/c1-7(2)13-10(4-11-3)8-5-14-6-9(8)12-13/h7,11H,4-6H2,1-3H3. The van der Waals surface area contributed by atoms with E-state index in [2.05, 4.69) is 28.9 Å². The van der Waals surface area contributed by atoms with Gasteiger partial charge >= 0.3 is 0 Å². The van der Waals surface area contributed by atoms with Crippen molar-refractivity contribution in [1.82, 2.24) is 15.1 Å². The topological polar surface area (TPSA) is 39.1 Å². The fourth-order valence-corrected chi connectivity index (χ4v) is 1.87. The van der Waals surface area contributed by atoms with Crippen LogP contribution in [0.15, 0.2) is 0 Å². The Bertz CT molecular complexity index is 330. The zero-order chi connectivity index (χ0) is 10.1. The van der Waals surface area contributed by atoms with E-state index in [1.54, 1.807) is 0 Å². The van der Waals surface area contributed by atoms with Crippen molar-refractivity contribution >= 4 is 0 Å². The van der Waals surface area contributed by atoms with Crippen LogP contribution in [0.4, 0.5) is 0 Å². The zero-order valence-corrected chi connectivity index (χ0v) is 9.00. The molecular weight excluding hydrogens is 178 g/mol.